The number of amides is 1. The summed E-state index contributed by atoms with van der Waals surface area (Å²) in [6.45, 7) is 7.85. The number of nitrogens with zero attached hydrogens (tertiary/aromatic N) is 2. The Morgan fingerprint density at radius 2 is 1.92 bits per heavy atom. The fourth-order valence-electron chi connectivity index (χ4n) is 9.44. The third kappa shape index (κ3) is 3.92. The Hall–Kier alpha value is -1.88. The molecule has 1 aromatic rings. The fraction of sp³-hybridized carbons (Fsp3) is 0.742. The molecule has 196 valence electrons. The van der Waals surface area contributed by atoms with Crippen molar-refractivity contribution < 1.29 is 9.21 Å². The Balaban J connectivity index is 1.15. The van der Waals surface area contributed by atoms with Crippen LogP contribution in [0.5, 0.6) is 0 Å². The first-order chi connectivity index (χ1) is 17.3. The van der Waals surface area contributed by atoms with Crippen LogP contribution in [0.3, 0.4) is 0 Å². The van der Waals surface area contributed by atoms with E-state index < -0.39 is 0 Å². The predicted octanol–water partition coefficient (Wildman–Crippen LogP) is 5.61. The molecule has 4 aliphatic carbocycles. The van der Waals surface area contributed by atoms with Crippen LogP contribution >= 0.6 is 0 Å². The molecule has 5 heteroatoms. The van der Waals surface area contributed by atoms with E-state index in [1.54, 1.807) is 17.9 Å². The van der Waals surface area contributed by atoms with Crippen LogP contribution in [0.1, 0.15) is 89.5 Å². The van der Waals surface area contributed by atoms with Crippen LogP contribution in [0.2, 0.25) is 0 Å². The molecule has 1 aromatic heterocycles. The zero-order chi connectivity index (χ0) is 25.1. The summed E-state index contributed by atoms with van der Waals surface area (Å²) in [5.74, 6) is 2.93. The first-order valence-electron chi connectivity index (χ1n) is 14.6. The molecule has 5 aliphatic rings. The quantitative estimate of drug-likeness (QED) is 0.513. The summed E-state index contributed by atoms with van der Waals surface area (Å²) in [7, 11) is 2.07. The van der Waals surface area contributed by atoms with Crippen molar-refractivity contribution in [2.24, 2.45) is 28.6 Å². The van der Waals surface area contributed by atoms with Gasteiger partial charge in [0.15, 0.2) is 0 Å². The molecule has 0 bridgehead atoms. The molecule has 0 N–H and O–H groups in total. The summed E-state index contributed by atoms with van der Waals surface area (Å²) in [5.41, 5.74) is 3.20. The minimum atomic E-state index is -0.260. The average molecular weight is 493 g/mol. The maximum atomic E-state index is 13.0. The van der Waals surface area contributed by atoms with Gasteiger partial charge >= 0.3 is 5.63 Å². The van der Waals surface area contributed by atoms with Crippen LogP contribution in [-0.4, -0.2) is 48.4 Å². The van der Waals surface area contributed by atoms with Crippen molar-refractivity contribution in [3.05, 3.63) is 46.0 Å². The largest absolute Gasteiger partial charge is 0.431 e. The highest BCUT2D eigenvalue weighted by Gasteiger charge is 2.58. The second-order valence-corrected chi connectivity index (χ2v) is 13.2. The monoisotopic (exact) mass is 492 g/mol. The average Bonchev–Trinajstić information content (AvgIpc) is 3.51. The number of likely N-dealkylation sites (N-methyl/N-ethyl adjacent to an activating group) is 1. The number of likely N-dealkylation sites (tertiary alicyclic amines) is 1. The molecule has 3 saturated carbocycles. The Morgan fingerprint density at radius 1 is 1.11 bits per heavy atom. The zero-order valence-corrected chi connectivity index (χ0v) is 22.5. The van der Waals surface area contributed by atoms with Gasteiger partial charge in [-0.1, -0.05) is 25.5 Å². The van der Waals surface area contributed by atoms with Gasteiger partial charge in [-0.25, -0.2) is 4.79 Å². The van der Waals surface area contributed by atoms with Crippen molar-refractivity contribution in [2.75, 3.05) is 26.7 Å². The number of carbonyl (C=O) groups excluding carboxylic acids is 1. The van der Waals surface area contributed by atoms with Crippen molar-refractivity contribution in [2.45, 2.75) is 90.0 Å². The molecule has 2 heterocycles. The summed E-state index contributed by atoms with van der Waals surface area (Å²) in [6, 6.07) is 3.98. The normalized spacial score (nSPS) is 40.2. The van der Waals surface area contributed by atoms with E-state index in [0.717, 1.165) is 37.8 Å². The number of hydrogen-bond acceptors (Lipinski definition) is 4. The van der Waals surface area contributed by atoms with Crippen molar-refractivity contribution in [3.63, 3.8) is 0 Å². The molecular formula is C31H44N2O3. The Bertz CT molecular complexity index is 1070. The number of rotatable bonds is 4. The Labute approximate surface area is 216 Å². The lowest BCUT2D eigenvalue weighted by Gasteiger charge is -2.60. The number of hydrogen-bond donors (Lipinski definition) is 0. The van der Waals surface area contributed by atoms with Crippen LogP contribution in [0, 0.1) is 28.6 Å². The highest BCUT2D eigenvalue weighted by atomic mass is 16.4. The van der Waals surface area contributed by atoms with Gasteiger partial charge in [-0.2, -0.15) is 0 Å². The summed E-state index contributed by atoms with van der Waals surface area (Å²) in [5, 5.41) is 0. The van der Waals surface area contributed by atoms with Crippen LogP contribution in [0.25, 0.3) is 0 Å². The van der Waals surface area contributed by atoms with E-state index in [1.165, 1.54) is 56.9 Å². The van der Waals surface area contributed by atoms with Crippen LogP contribution in [0.4, 0.5) is 0 Å². The number of carbonyl (C=O) groups is 1. The van der Waals surface area contributed by atoms with Crippen molar-refractivity contribution >= 4 is 5.91 Å². The number of fused-ring (bicyclic) bond motifs is 5. The minimum Gasteiger partial charge on any atom is -0.431 e. The van der Waals surface area contributed by atoms with E-state index in [4.69, 9.17) is 4.42 Å². The zero-order valence-electron chi connectivity index (χ0n) is 22.5. The second kappa shape index (κ2) is 9.15. The van der Waals surface area contributed by atoms with Gasteiger partial charge in [0.25, 0.3) is 0 Å². The number of allylic oxidation sites excluding steroid dienone is 2. The van der Waals surface area contributed by atoms with Gasteiger partial charge in [0.05, 0.1) is 12.8 Å². The molecule has 1 aliphatic heterocycles. The van der Waals surface area contributed by atoms with Gasteiger partial charge < -0.3 is 9.32 Å². The van der Waals surface area contributed by atoms with Crippen molar-refractivity contribution in [1.29, 1.82) is 0 Å². The highest BCUT2D eigenvalue weighted by molar-refractivity contribution is 5.78. The third-order valence-corrected chi connectivity index (χ3v) is 11.7. The van der Waals surface area contributed by atoms with Gasteiger partial charge in [-0.15, -0.1) is 0 Å². The van der Waals surface area contributed by atoms with Crippen LogP contribution < -0.4 is 5.63 Å². The van der Waals surface area contributed by atoms with E-state index >= 15 is 0 Å². The molecule has 0 aromatic carbocycles. The summed E-state index contributed by atoms with van der Waals surface area (Å²) in [4.78, 5) is 29.0. The molecule has 1 saturated heterocycles. The lowest BCUT2D eigenvalue weighted by molar-refractivity contribution is -0.136. The molecule has 36 heavy (non-hydrogen) atoms. The lowest BCUT2D eigenvalue weighted by atomic mass is 9.45. The van der Waals surface area contributed by atoms with E-state index in [0.29, 0.717) is 35.7 Å². The first kappa shape index (κ1) is 24.5. The fourth-order valence-corrected chi connectivity index (χ4v) is 9.44. The third-order valence-electron chi connectivity index (χ3n) is 11.7. The molecule has 0 radical (unpaired) electrons. The van der Waals surface area contributed by atoms with Gasteiger partial charge in [-0.3, -0.25) is 9.69 Å². The van der Waals surface area contributed by atoms with Gasteiger partial charge in [0, 0.05) is 19.2 Å². The molecule has 0 unspecified atom stereocenters. The molecular weight excluding hydrogens is 448 g/mol. The Morgan fingerprint density at radius 3 is 2.67 bits per heavy atom. The van der Waals surface area contributed by atoms with Gasteiger partial charge in [-0.05, 0) is 123 Å². The van der Waals surface area contributed by atoms with Gasteiger partial charge in [0.1, 0.15) is 0 Å². The van der Waals surface area contributed by atoms with Crippen LogP contribution in [-0.2, 0) is 4.79 Å². The molecule has 1 amide bonds. The summed E-state index contributed by atoms with van der Waals surface area (Å²) < 4.78 is 5.26. The van der Waals surface area contributed by atoms with E-state index in [1.807, 2.05) is 6.07 Å². The maximum absolute atomic E-state index is 13.0. The van der Waals surface area contributed by atoms with Crippen LogP contribution in [0.15, 0.2) is 39.3 Å². The molecule has 4 fully saturated rings. The van der Waals surface area contributed by atoms with E-state index in [-0.39, 0.29) is 11.0 Å². The summed E-state index contributed by atoms with van der Waals surface area (Å²) in [6.07, 6.45) is 16.5. The Kier molecular flexibility index (Phi) is 6.21. The predicted molar refractivity (Wildman–Crippen MR) is 142 cm³/mol. The second-order valence-electron chi connectivity index (χ2n) is 13.2. The van der Waals surface area contributed by atoms with E-state index in [9.17, 15) is 9.59 Å². The standard InChI is InChI=1S/C31H44N2O3/c1-30-14-12-23(32(3)28(34)19-33-16-4-5-17-33)18-22(30)7-8-24-26-10-9-25(21-6-11-29(35)36-20-21)31(26,2)15-13-27(24)30/h6,10-11,20,22-25,27H,4-5,7-9,12-19H2,1-3H3/t22-,23+,24+,25-,27+,30+,31-/m1/s1. The molecule has 5 nitrogen and oxygen atoms in total. The molecule has 7 atom stereocenters. The van der Waals surface area contributed by atoms with Gasteiger partial charge in [0.2, 0.25) is 5.91 Å². The molecule has 0 spiro atoms. The minimum absolute atomic E-state index is 0.184. The first-order valence-corrected chi connectivity index (χ1v) is 14.6. The van der Waals surface area contributed by atoms with Crippen molar-refractivity contribution in [3.8, 4) is 0 Å². The summed E-state index contributed by atoms with van der Waals surface area (Å²) >= 11 is 0. The lowest BCUT2D eigenvalue weighted by Crippen LogP contribution is -2.54. The molecule has 6 rings (SSSR count). The van der Waals surface area contributed by atoms with E-state index in [2.05, 4.69) is 36.8 Å². The smallest absolute Gasteiger partial charge is 0.335 e. The topological polar surface area (TPSA) is 53.8 Å². The SMILES string of the molecule is CN(C(=O)CN1CCCC1)[C@H]1CC[C@@]2(C)[C@H](CC[C@H]3C4=CC[C@H](c5ccc(=O)oc5)[C@@]4(C)CC[C@@H]32)C1. The highest BCUT2D eigenvalue weighted by Crippen LogP contribution is 2.67. The maximum Gasteiger partial charge on any atom is 0.335 e. The van der Waals surface area contributed by atoms with Crippen molar-refractivity contribution in [1.82, 2.24) is 9.80 Å².